The fourth-order valence-corrected chi connectivity index (χ4v) is 6.81. The number of fused-ring (bicyclic) bond motifs is 4. The van der Waals surface area contributed by atoms with E-state index in [2.05, 4.69) is 84.9 Å². The van der Waals surface area contributed by atoms with E-state index < -0.39 is 0 Å². The van der Waals surface area contributed by atoms with E-state index in [0.29, 0.717) is 5.82 Å². The Kier molecular flexibility index (Phi) is 6.62. The van der Waals surface area contributed by atoms with Gasteiger partial charge in [-0.3, -0.25) is 9.13 Å². The van der Waals surface area contributed by atoms with Gasteiger partial charge in [-0.15, -0.1) is 0 Å². The molecular formula is C43H30N4O2. The Balaban J connectivity index is 1.10. The van der Waals surface area contributed by atoms with Gasteiger partial charge >= 0.3 is 5.69 Å². The Hall–Kier alpha value is -6.53. The van der Waals surface area contributed by atoms with E-state index in [1.165, 1.54) is 0 Å². The number of imidazole rings is 1. The molecule has 0 unspecified atom stereocenters. The van der Waals surface area contributed by atoms with E-state index >= 15 is 0 Å². The molecule has 6 heteroatoms. The van der Waals surface area contributed by atoms with Gasteiger partial charge in [-0.05, 0) is 52.6 Å². The van der Waals surface area contributed by atoms with Gasteiger partial charge in [0.25, 0.3) is 0 Å². The number of aryl methyl sites for hydroxylation is 2. The fourth-order valence-electron chi connectivity index (χ4n) is 6.81. The van der Waals surface area contributed by atoms with E-state index in [9.17, 15) is 4.79 Å². The first-order valence-electron chi connectivity index (χ1n) is 16.2. The molecule has 0 aliphatic heterocycles. The second-order valence-electron chi connectivity index (χ2n) is 12.4. The number of benzene rings is 6. The molecule has 0 bridgehead atoms. The van der Waals surface area contributed by atoms with Gasteiger partial charge in [-0.2, -0.15) is 0 Å². The number of nitrogens with zero attached hydrogens (tertiary/aromatic N) is 4. The molecule has 3 heterocycles. The smallest absolute Gasteiger partial charge is 0.328 e. The van der Waals surface area contributed by atoms with Crippen molar-refractivity contribution in [1.82, 2.24) is 19.1 Å². The fraction of sp³-hybridized carbons (Fsp3) is 0.0465. The molecule has 0 amide bonds. The maximum atomic E-state index is 12.5. The number of para-hydroxylation sites is 1. The van der Waals surface area contributed by atoms with E-state index in [1.54, 1.807) is 16.2 Å². The van der Waals surface area contributed by atoms with Crippen LogP contribution in [0.2, 0.25) is 0 Å². The van der Waals surface area contributed by atoms with Crippen molar-refractivity contribution < 1.29 is 4.42 Å². The summed E-state index contributed by atoms with van der Waals surface area (Å²) in [6.07, 6.45) is 0. The van der Waals surface area contributed by atoms with Gasteiger partial charge in [-0.1, -0.05) is 115 Å². The van der Waals surface area contributed by atoms with Crippen molar-refractivity contribution in [3.8, 4) is 56.2 Å². The van der Waals surface area contributed by atoms with Crippen molar-refractivity contribution >= 4 is 33.0 Å². The Labute approximate surface area is 282 Å². The summed E-state index contributed by atoms with van der Waals surface area (Å²) in [5.41, 5.74) is 12.6. The summed E-state index contributed by atoms with van der Waals surface area (Å²) < 4.78 is 9.51. The number of furan rings is 1. The lowest BCUT2D eigenvalue weighted by Crippen LogP contribution is -2.19. The quantitative estimate of drug-likeness (QED) is 0.189. The summed E-state index contributed by atoms with van der Waals surface area (Å²) in [6, 6.07) is 49.7. The Morgan fingerprint density at radius 3 is 1.82 bits per heavy atom. The van der Waals surface area contributed by atoms with Gasteiger partial charge in [0.15, 0.2) is 5.82 Å². The molecule has 0 aliphatic carbocycles. The van der Waals surface area contributed by atoms with Crippen LogP contribution in [-0.4, -0.2) is 19.1 Å². The molecule has 234 valence electrons. The zero-order valence-electron chi connectivity index (χ0n) is 27.0. The molecule has 0 radical (unpaired) electrons. The second-order valence-corrected chi connectivity index (χ2v) is 12.4. The number of rotatable bonds is 5. The predicted octanol–water partition coefficient (Wildman–Crippen LogP) is 9.90. The first-order chi connectivity index (χ1) is 24.0. The number of hydrogen-bond donors (Lipinski definition) is 0. The molecule has 9 aromatic rings. The van der Waals surface area contributed by atoms with Crippen molar-refractivity contribution in [2.24, 2.45) is 14.1 Å². The van der Waals surface area contributed by atoms with Crippen LogP contribution < -0.4 is 5.69 Å². The molecule has 0 aliphatic rings. The van der Waals surface area contributed by atoms with Crippen LogP contribution in [0.15, 0.2) is 155 Å². The Bertz CT molecular complexity index is 2740. The van der Waals surface area contributed by atoms with Crippen molar-refractivity contribution in [2.75, 3.05) is 0 Å². The van der Waals surface area contributed by atoms with Crippen molar-refractivity contribution in [3.05, 3.63) is 156 Å². The van der Waals surface area contributed by atoms with Crippen molar-refractivity contribution in [1.29, 1.82) is 0 Å². The summed E-state index contributed by atoms with van der Waals surface area (Å²) in [5, 5.41) is 2.24. The lowest BCUT2D eigenvalue weighted by molar-refractivity contribution is 0.669. The average Bonchev–Trinajstić information content (AvgIpc) is 3.65. The van der Waals surface area contributed by atoms with Crippen molar-refractivity contribution in [2.45, 2.75) is 0 Å². The minimum atomic E-state index is -0.0325. The minimum Gasteiger partial charge on any atom is -0.456 e. The normalized spacial score (nSPS) is 11.6. The molecule has 0 fully saturated rings. The van der Waals surface area contributed by atoms with E-state index in [4.69, 9.17) is 14.4 Å². The lowest BCUT2D eigenvalue weighted by atomic mass is 9.97. The minimum absolute atomic E-state index is 0.0325. The van der Waals surface area contributed by atoms with Gasteiger partial charge in [0.1, 0.15) is 11.2 Å². The van der Waals surface area contributed by atoms with E-state index in [1.807, 2.05) is 67.7 Å². The molecule has 6 nitrogen and oxygen atoms in total. The first kappa shape index (κ1) is 28.7. The third kappa shape index (κ3) is 4.85. The van der Waals surface area contributed by atoms with Crippen LogP contribution >= 0.6 is 0 Å². The highest BCUT2D eigenvalue weighted by Crippen LogP contribution is 2.37. The number of hydrogen-bond acceptors (Lipinski definition) is 4. The molecule has 6 aromatic carbocycles. The van der Waals surface area contributed by atoms with Crippen LogP contribution in [0.1, 0.15) is 0 Å². The van der Waals surface area contributed by atoms with Gasteiger partial charge in [-0.25, -0.2) is 14.8 Å². The highest BCUT2D eigenvalue weighted by Gasteiger charge is 2.15. The maximum absolute atomic E-state index is 12.5. The standard InChI is InChI=1S/C43H30N4O2/c1-46-37-24-23-32(25-38(37)47(2)43(46)48)27-15-19-29(20-16-27)35-26-36(45-42(44-35)31-9-4-3-5-10-31)30-21-17-28(18-22-30)33-12-8-14-40-41(33)34-11-6-7-13-39(34)49-40/h3-26H,1-2H3. The SMILES string of the molecule is Cn1c(=O)n(C)c2cc(-c3ccc(-c4cc(-c5ccc(-c6cccc7oc8ccccc8c67)cc5)nc(-c5ccccc5)n4)cc3)ccc21. The second kappa shape index (κ2) is 11.3. The van der Waals surface area contributed by atoms with Crippen LogP contribution in [-0.2, 0) is 14.1 Å². The maximum Gasteiger partial charge on any atom is 0.328 e. The van der Waals surface area contributed by atoms with Gasteiger partial charge in [0.05, 0.1) is 22.4 Å². The summed E-state index contributed by atoms with van der Waals surface area (Å²) in [6.45, 7) is 0. The highest BCUT2D eigenvalue weighted by molar-refractivity contribution is 6.12. The molecule has 0 saturated heterocycles. The summed E-state index contributed by atoms with van der Waals surface area (Å²) in [7, 11) is 3.61. The van der Waals surface area contributed by atoms with Gasteiger partial charge < -0.3 is 4.42 Å². The average molecular weight is 635 g/mol. The zero-order valence-corrected chi connectivity index (χ0v) is 27.0. The lowest BCUT2D eigenvalue weighted by Gasteiger charge is -2.11. The molecule has 0 saturated carbocycles. The Morgan fingerprint density at radius 2 is 1.08 bits per heavy atom. The van der Waals surface area contributed by atoms with Gasteiger partial charge in [0, 0.05) is 41.6 Å². The Morgan fingerprint density at radius 1 is 0.490 bits per heavy atom. The van der Waals surface area contributed by atoms with Crippen LogP contribution in [0.5, 0.6) is 0 Å². The number of aromatic nitrogens is 4. The molecule has 0 N–H and O–H groups in total. The van der Waals surface area contributed by atoms with E-state index in [0.717, 1.165) is 83.3 Å². The largest absolute Gasteiger partial charge is 0.456 e. The van der Waals surface area contributed by atoms with Crippen LogP contribution in [0.4, 0.5) is 0 Å². The summed E-state index contributed by atoms with van der Waals surface area (Å²) in [5.74, 6) is 0.673. The monoisotopic (exact) mass is 634 g/mol. The van der Waals surface area contributed by atoms with Crippen LogP contribution in [0.25, 0.3) is 89.1 Å². The molecule has 0 atom stereocenters. The van der Waals surface area contributed by atoms with Crippen molar-refractivity contribution in [3.63, 3.8) is 0 Å². The predicted molar refractivity (Wildman–Crippen MR) is 198 cm³/mol. The molecule has 0 spiro atoms. The van der Waals surface area contributed by atoms with Crippen LogP contribution in [0, 0.1) is 0 Å². The zero-order chi connectivity index (χ0) is 33.1. The van der Waals surface area contributed by atoms with Crippen LogP contribution in [0.3, 0.4) is 0 Å². The molecular weight excluding hydrogens is 604 g/mol. The first-order valence-corrected chi connectivity index (χ1v) is 16.2. The summed E-state index contributed by atoms with van der Waals surface area (Å²) in [4.78, 5) is 22.5. The molecule has 9 rings (SSSR count). The molecule has 3 aromatic heterocycles. The highest BCUT2D eigenvalue weighted by atomic mass is 16.3. The van der Waals surface area contributed by atoms with Gasteiger partial charge in [0.2, 0.25) is 0 Å². The third-order valence-corrected chi connectivity index (χ3v) is 9.44. The summed E-state index contributed by atoms with van der Waals surface area (Å²) >= 11 is 0. The third-order valence-electron chi connectivity index (χ3n) is 9.44. The van der Waals surface area contributed by atoms with E-state index in [-0.39, 0.29) is 5.69 Å². The topological polar surface area (TPSA) is 65.8 Å². The molecule has 49 heavy (non-hydrogen) atoms.